The Labute approximate surface area is 156 Å². The van der Waals surface area contributed by atoms with Crippen molar-refractivity contribution < 1.29 is 9.53 Å². The fourth-order valence-corrected chi connectivity index (χ4v) is 2.98. The molecule has 1 fully saturated rings. The summed E-state index contributed by atoms with van der Waals surface area (Å²) in [7, 11) is 0. The second kappa shape index (κ2) is 7.48. The summed E-state index contributed by atoms with van der Waals surface area (Å²) in [5.74, 6) is 0.438. The summed E-state index contributed by atoms with van der Waals surface area (Å²) < 4.78 is 7.34. The molecular formula is C18H19N7O2. The lowest BCUT2D eigenvalue weighted by Crippen LogP contribution is -2.29. The summed E-state index contributed by atoms with van der Waals surface area (Å²) >= 11 is 0. The maximum atomic E-state index is 12.6. The molecule has 0 radical (unpaired) electrons. The average Bonchev–Trinajstić information content (AvgIpc) is 3.37. The molecule has 138 valence electrons. The molecular weight excluding hydrogens is 346 g/mol. The average molecular weight is 365 g/mol. The van der Waals surface area contributed by atoms with E-state index in [0.717, 1.165) is 12.1 Å². The second-order valence-electron chi connectivity index (χ2n) is 6.40. The molecule has 9 heteroatoms. The molecule has 27 heavy (non-hydrogen) atoms. The zero-order valence-electron chi connectivity index (χ0n) is 14.9. The number of likely N-dealkylation sites (tertiary alicyclic amines) is 1. The van der Waals surface area contributed by atoms with E-state index in [1.807, 2.05) is 30.2 Å². The van der Waals surface area contributed by atoms with Crippen LogP contribution in [0.2, 0.25) is 0 Å². The van der Waals surface area contributed by atoms with Crippen molar-refractivity contribution >= 4 is 5.91 Å². The van der Waals surface area contributed by atoms with Crippen molar-refractivity contribution in [1.29, 1.82) is 0 Å². The Bertz CT molecular complexity index is 911. The smallest absolute Gasteiger partial charge is 0.255 e. The van der Waals surface area contributed by atoms with Crippen molar-refractivity contribution in [2.24, 2.45) is 0 Å². The lowest BCUT2D eigenvalue weighted by atomic mass is 10.2. The number of aryl methyl sites for hydroxylation is 1. The van der Waals surface area contributed by atoms with Crippen LogP contribution in [-0.2, 0) is 6.61 Å². The van der Waals surface area contributed by atoms with Crippen LogP contribution in [0.5, 0.6) is 5.88 Å². The standard InChI is InChI=1S/C18H19N7O2/c1-13-2-3-14(8-21-13)18(26)24-7-4-16(11-24)25-10-15(22-23-25)12-27-17-9-19-5-6-20-17/h2-3,5-6,8-10,16H,4,7,11-12H2,1H3. The Hall–Kier alpha value is -3.36. The summed E-state index contributed by atoms with van der Waals surface area (Å²) in [5.41, 5.74) is 2.20. The summed E-state index contributed by atoms with van der Waals surface area (Å²) in [6, 6.07) is 3.77. The zero-order chi connectivity index (χ0) is 18.6. The van der Waals surface area contributed by atoms with Gasteiger partial charge in [0.05, 0.1) is 24.0 Å². The van der Waals surface area contributed by atoms with Gasteiger partial charge >= 0.3 is 0 Å². The number of amides is 1. The molecule has 1 aliphatic rings. The van der Waals surface area contributed by atoms with Gasteiger partial charge in [-0.1, -0.05) is 5.21 Å². The Balaban J connectivity index is 1.35. The molecule has 3 aromatic rings. The fourth-order valence-electron chi connectivity index (χ4n) is 2.98. The molecule has 0 aliphatic carbocycles. The van der Waals surface area contributed by atoms with Gasteiger partial charge < -0.3 is 9.64 Å². The number of aromatic nitrogens is 6. The van der Waals surface area contributed by atoms with E-state index >= 15 is 0 Å². The number of hydrogen-bond acceptors (Lipinski definition) is 7. The highest BCUT2D eigenvalue weighted by Gasteiger charge is 2.29. The molecule has 1 saturated heterocycles. The quantitative estimate of drug-likeness (QED) is 0.674. The molecule has 4 rings (SSSR count). The van der Waals surface area contributed by atoms with E-state index in [-0.39, 0.29) is 18.6 Å². The van der Waals surface area contributed by atoms with Crippen molar-refractivity contribution in [1.82, 2.24) is 34.8 Å². The normalized spacial score (nSPS) is 16.5. The van der Waals surface area contributed by atoms with Gasteiger partial charge in [-0.15, -0.1) is 5.10 Å². The summed E-state index contributed by atoms with van der Waals surface area (Å²) in [4.78, 5) is 26.6. The SMILES string of the molecule is Cc1ccc(C(=O)N2CCC(n3cc(COc4cnccn4)nn3)C2)cn1. The van der Waals surface area contributed by atoms with Gasteiger partial charge in [0.15, 0.2) is 0 Å². The summed E-state index contributed by atoms with van der Waals surface area (Å²) in [6.07, 6.45) is 9.01. The molecule has 0 N–H and O–H groups in total. The number of hydrogen-bond donors (Lipinski definition) is 0. The Morgan fingerprint density at radius 2 is 2.19 bits per heavy atom. The molecule has 0 bridgehead atoms. The van der Waals surface area contributed by atoms with E-state index in [0.29, 0.717) is 30.2 Å². The van der Waals surface area contributed by atoms with Gasteiger partial charge in [-0.2, -0.15) is 0 Å². The third-order valence-electron chi connectivity index (χ3n) is 4.45. The van der Waals surface area contributed by atoms with Gasteiger partial charge in [-0.25, -0.2) is 9.67 Å². The summed E-state index contributed by atoms with van der Waals surface area (Å²) in [6.45, 7) is 3.45. The Morgan fingerprint density at radius 1 is 1.26 bits per heavy atom. The number of nitrogens with zero attached hydrogens (tertiary/aromatic N) is 7. The van der Waals surface area contributed by atoms with Gasteiger partial charge in [-0.05, 0) is 25.5 Å². The van der Waals surface area contributed by atoms with Crippen LogP contribution in [0.25, 0.3) is 0 Å². The molecule has 4 heterocycles. The third-order valence-corrected chi connectivity index (χ3v) is 4.45. The second-order valence-corrected chi connectivity index (χ2v) is 6.40. The number of rotatable bonds is 5. The highest BCUT2D eigenvalue weighted by Crippen LogP contribution is 2.22. The van der Waals surface area contributed by atoms with Crippen LogP contribution in [0.4, 0.5) is 0 Å². The first kappa shape index (κ1) is 17.1. The zero-order valence-corrected chi connectivity index (χ0v) is 14.9. The van der Waals surface area contributed by atoms with Crippen molar-refractivity contribution in [3.63, 3.8) is 0 Å². The number of pyridine rings is 1. The van der Waals surface area contributed by atoms with Crippen molar-refractivity contribution in [2.75, 3.05) is 13.1 Å². The van der Waals surface area contributed by atoms with E-state index in [9.17, 15) is 4.79 Å². The maximum Gasteiger partial charge on any atom is 0.255 e. The lowest BCUT2D eigenvalue weighted by molar-refractivity contribution is 0.0786. The van der Waals surface area contributed by atoms with E-state index in [4.69, 9.17) is 4.74 Å². The van der Waals surface area contributed by atoms with E-state index in [1.165, 1.54) is 0 Å². The van der Waals surface area contributed by atoms with Gasteiger partial charge in [0.25, 0.3) is 5.91 Å². The molecule has 0 spiro atoms. The highest BCUT2D eigenvalue weighted by atomic mass is 16.5. The predicted molar refractivity (Wildman–Crippen MR) is 94.9 cm³/mol. The maximum absolute atomic E-state index is 12.6. The molecule has 3 aromatic heterocycles. The van der Waals surface area contributed by atoms with Gasteiger partial charge in [-0.3, -0.25) is 14.8 Å². The topological polar surface area (TPSA) is 98.9 Å². The van der Waals surface area contributed by atoms with E-state index in [2.05, 4.69) is 25.3 Å². The van der Waals surface area contributed by atoms with Crippen LogP contribution in [0.1, 0.15) is 34.2 Å². The van der Waals surface area contributed by atoms with Crippen LogP contribution >= 0.6 is 0 Å². The molecule has 0 saturated carbocycles. The van der Waals surface area contributed by atoms with Gasteiger partial charge in [0.2, 0.25) is 5.88 Å². The Kier molecular flexibility index (Phi) is 4.73. The van der Waals surface area contributed by atoms with Crippen LogP contribution in [0, 0.1) is 6.92 Å². The first-order valence-corrected chi connectivity index (χ1v) is 8.70. The van der Waals surface area contributed by atoms with Crippen LogP contribution < -0.4 is 4.74 Å². The van der Waals surface area contributed by atoms with Gasteiger partial charge in [0.1, 0.15) is 12.3 Å². The Morgan fingerprint density at radius 3 is 2.96 bits per heavy atom. The molecule has 9 nitrogen and oxygen atoms in total. The monoisotopic (exact) mass is 365 g/mol. The molecule has 1 unspecified atom stereocenters. The minimum absolute atomic E-state index is 0.00340. The largest absolute Gasteiger partial charge is 0.470 e. The number of carbonyl (C=O) groups is 1. The van der Waals surface area contributed by atoms with Crippen LogP contribution in [-0.4, -0.2) is 53.8 Å². The lowest BCUT2D eigenvalue weighted by Gasteiger charge is -2.16. The molecule has 1 atom stereocenters. The van der Waals surface area contributed by atoms with E-state index < -0.39 is 0 Å². The van der Waals surface area contributed by atoms with Crippen molar-refractivity contribution in [3.05, 3.63) is 60.1 Å². The highest BCUT2D eigenvalue weighted by molar-refractivity contribution is 5.94. The summed E-state index contributed by atoms with van der Waals surface area (Å²) in [5, 5.41) is 8.33. The van der Waals surface area contributed by atoms with Crippen LogP contribution in [0.15, 0.2) is 43.1 Å². The number of carbonyl (C=O) groups excluding carboxylic acids is 1. The first-order chi connectivity index (χ1) is 13.2. The minimum Gasteiger partial charge on any atom is -0.470 e. The minimum atomic E-state index is -0.00340. The fraction of sp³-hybridized carbons (Fsp3) is 0.333. The van der Waals surface area contributed by atoms with Crippen molar-refractivity contribution in [3.8, 4) is 5.88 Å². The molecule has 0 aromatic carbocycles. The number of ether oxygens (including phenoxy) is 1. The third kappa shape index (κ3) is 3.91. The first-order valence-electron chi connectivity index (χ1n) is 8.70. The van der Waals surface area contributed by atoms with Crippen molar-refractivity contribution in [2.45, 2.75) is 26.0 Å². The molecule has 1 aliphatic heterocycles. The van der Waals surface area contributed by atoms with Crippen LogP contribution in [0.3, 0.4) is 0 Å². The predicted octanol–water partition coefficient (Wildman–Crippen LogP) is 1.44. The van der Waals surface area contributed by atoms with Gasteiger partial charge in [0, 0.05) is 37.4 Å². The van der Waals surface area contributed by atoms with E-state index in [1.54, 1.807) is 29.5 Å². The molecule has 1 amide bonds.